The molecule has 0 radical (unpaired) electrons. The zero-order valence-corrected chi connectivity index (χ0v) is 10.2. The second-order valence-electron chi connectivity index (χ2n) is 5.49. The fourth-order valence-corrected chi connectivity index (χ4v) is 2.66. The highest BCUT2D eigenvalue weighted by molar-refractivity contribution is 5.04. The number of rotatable bonds is 7. The van der Waals surface area contributed by atoms with E-state index in [9.17, 15) is 0 Å². The van der Waals surface area contributed by atoms with Gasteiger partial charge in [0.15, 0.2) is 0 Å². The number of nitrogens with zero attached hydrogens (tertiary/aromatic N) is 3. The Balaban J connectivity index is 1.37. The summed E-state index contributed by atoms with van der Waals surface area (Å²) >= 11 is 0. The van der Waals surface area contributed by atoms with Crippen molar-refractivity contribution in [2.24, 2.45) is 17.1 Å². The van der Waals surface area contributed by atoms with Gasteiger partial charge in [-0.2, -0.15) is 0 Å². The minimum Gasteiger partial charge on any atom is -0.325 e. The normalized spacial score (nSPS) is 21.7. The van der Waals surface area contributed by atoms with Gasteiger partial charge in [-0.15, -0.1) is 5.10 Å². The SMILES string of the molecule is NCc1cn(CCNCC2(C3CC3)CC2)nn1. The Labute approximate surface area is 102 Å². The molecule has 94 valence electrons. The van der Waals surface area contributed by atoms with Gasteiger partial charge in [0.25, 0.3) is 0 Å². The third-order valence-corrected chi connectivity index (χ3v) is 4.13. The van der Waals surface area contributed by atoms with Crippen molar-refractivity contribution in [3.63, 3.8) is 0 Å². The lowest BCUT2D eigenvalue weighted by atomic mass is 10.0. The summed E-state index contributed by atoms with van der Waals surface area (Å²) < 4.78 is 1.87. The molecule has 2 fully saturated rings. The number of aromatic nitrogens is 3. The van der Waals surface area contributed by atoms with Crippen molar-refractivity contribution < 1.29 is 0 Å². The maximum atomic E-state index is 5.49. The van der Waals surface area contributed by atoms with E-state index in [1.54, 1.807) is 0 Å². The first-order valence-corrected chi connectivity index (χ1v) is 6.62. The summed E-state index contributed by atoms with van der Waals surface area (Å²) in [5.74, 6) is 1.03. The van der Waals surface area contributed by atoms with E-state index in [0.29, 0.717) is 12.0 Å². The van der Waals surface area contributed by atoms with Gasteiger partial charge in [0, 0.05) is 25.8 Å². The Morgan fingerprint density at radius 1 is 1.47 bits per heavy atom. The Bertz CT molecular complexity index is 378. The molecule has 5 heteroatoms. The number of hydrogen-bond donors (Lipinski definition) is 2. The summed E-state index contributed by atoms with van der Waals surface area (Å²) in [6, 6.07) is 0. The fourth-order valence-electron chi connectivity index (χ4n) is 2.66. The van der Waals surface area contributed by atoms with E-state index in [0.717, 1.165) is 24.7 Å². The zero-order valence-electron chi connectivity index (χ0n) is 10.2. The van der Waals surface area contributed by atoms with E-state index >= 15 is 0 Å². The van der Waals surface area contributed by atoms with E-state index in [1.165, 1.54) is 32.2 Å². The Hall–Kier alpha value is -0.940. The Morgan fingerprint density at radius 3 is 2.88 bits per heavy atom. The number of nitrogens with two attached hydrogens (primary N) is 1. The van der Waals surface area contributed by atoms with Crippen LogP contribution in [0.4, 0.5) is 0 Å². The van der Waals surface area contributed by atoms with Crippen molar-refractivity contribution in [2.45, 2.75) is 38.8 Å². The van der Waals surface area contributed by atoms with Crippen molar-refractivity contribution in [3.05, 3.63) is 11.9 Å². The van der Waals surface area contributed by atoms with Gasteiger partial charge in [-0.3, -0.25) is 4.68 Å². The second-order valence-corrected chi connectivity index (χ2v) is 5.49. The summed E-state index contributed by atoms with van der Waals surface area (Å²) in [7, 11) is 0. The van der Waals surface area contributed by atoms with Crippen LogP contribution in [0.25, 0.3) is 0 Å². The summed E-state index contributed by atoms with van der Waals surface area (Å²) in [5, 5.41) is 11.6. The number of hydrogen-bond acceptors (Lipinski definition) is 4. The van der Waals surface area contributed by atoms with Crippen LogP contribution in [-0.2, 0) is 13.1 Å². The lowest BCUT2D eigenvalue weighted by Gasteiger charge is -2.14. The molecule has 0 spiro atoms. The summed E-state index contributed by atoms with van der Waals surface area (Å²) in [6.07, 6.45) is 7.72. The van der Waals surface area contributed by atoms with Crippen molar-refractivity contribution in [1.29, 1.82) is 0 Å². The molecular formula is C12H21N5. The molecule has 0 saturated heterocycles. The van der Waals surface area contributed by atoms with Crippen LogP contribution in [0.2, 0.25) is 0 Å². The molecule has 1 aromatic rings. The molecule has 1 aromatic heterocycles. The van der Waals surface area contributed by atoms with Crippen LogP contribution in [0.1, 0.15) is 31.4 Å². The third-order valence-electron chi connectivity index (χ3n) is 4.13. The highest BCUT2D eigenvalue weighted by atomic mass is 15.4. The van der Waals surface area contributed by atoms with Crippen molar-refractivity contribution in [3.8, 4) is 0 Å². The van der Waals surface area contributed by atoms with Crippen LogP contribution >= 0.6 is 0 Å². The average Bonchev–Trinajstić information content (AvgIpc) is 3.23. The van der Waals surface area contributed by atoms with Crippen LogP contribution in [0.3, 0.4) is 0 Å². The lowest BCUT2D eigenvalue weighted by molar-refractivity contribution is 0.395. The molecule has 5 nitrogen and oxygen atoms in total. The van der Waals surface area contributed by atoms with E-state index in [1.807, 2.05) is 10.9 Å². The first-order chi connectivity index (χ1) is 8.32. The van der Waals surface area contributed by atoms with Crippen molar-refractivity contribution in [2.75, 3.05) is 13.1 Å². The Morgan fingerprint density at radius 2 is 2.29 bits per heavy atom. The third kappa shape index (κ3) is 2.50. The monoisotopic (exact) mass is 235 g/mol. The minimum absolute atomic E-state index is 0.470. The van der Waals surface area contributed by atoms with E-state index < -0.39 is 0 Å². The average molecular weight is 235 g/mol. The molecule has 0 aliphatic heterocycles. The van der Waals surface area contributed by atoms with Gasteiger partial charge in [-0.1, -0.05) is 5.21 Å². The van der Waals surface area contributed by atoms with E-state index in [4.69, 9.17) is 5.73 Å². The van der Waals surface area contributed by atoms with Gasteiger partial charge in [-0.25, -0.2) is 0 Å². The molecule has 17 heavy (non-hydrogen) atoms. The first-order valence-electron chi connectivity index (χ1n) is 6.62. The summed E-state index contributed by atoms with van der Waals surface area (Å²) in [4.78, 5) is 0. The highest BCUT2D eigenvalue weighted by Crippen LogP contribution is 2.60. The molecule has 0 aromatic carbocycles. The van der Waals surface area contributed by atoms with E-state index in [-0.39, 0.29) is 0 Å². The van der Waals surface area contributed by atoms with E-state index in [2.05, 4.69) is 15.6 Å². The lowest BCUT2D eigenvalue weighted by Crippen LogP contribution is -2.28. The smallest absolute Gasteiger partial charge is 0.0962 e. The van der Waals surface area contributed by atoms with Gasteiger partial charge in [0.2, 0.25) is 0 Å². The molecule has 0 bridgehead atoms. The van der Waals surface area contributed by atoms with Gasteiger partial charge in [0.05, 0.1) is 12.2 Å². The molecule has 3 N–H and O–H groups in total. The quantitative estimate of drug-likeness (QED) is 0.676. The summed E-state index contributed by atoms with van der Waals surface area (Å²) in [6.45, 7) is 3.52. The maximum absolute atomic E-state index is 5.49. The van der Waals surface area contributed by atoms with Crippen LogP contribution in [0.5, 0.6) is 0 Å². The molecule has 0 unspecified atom stereocenters. The molecular weight excluding hydrogens is 214 g/mol. The minimum atomic E-state index is 0.470. The summed E-state index contributed by atoms with van der Waals surface area (Å²) in [5.41, 5.74) is 7.04. The standard InChI is InChI=1S/C12H21N5/c13-7-11-8-17(16-15-11)6-5-14-9-12(3-4-12)10-1-2-10/h8,10,14H,1-7,9,13H2. The highest BCUT2D eigenvalue weighted by Gasteiger charge is 2.52. The molecule has 2 saturated carbocycles. The maximum Gasteiger partial charge on any atom is 0.0962 e. The predicted octanol–water partition coefficient (Wildman–Crippen LogP) is 0.517. The van der Waals surface area contributed by atoms with Gasteiger partial charge < -0.3 is 11.1 Å². The van der Waals surface area contributed by atoms with Crippen LogP contribution < -0.4 is 11.1 Å². The zero-order chi connectivity index (χ0) is 11.7. The number of nitrogens with one attached hydrogen (secondary N) is 1. The topological polar surface area (TPSA) is 68.8 Å². The molecule has 0 atom stereocenters. The van der Waals surface area contributed by atoms with Crippen molar-refractivity contribution >= 4 is 0 Å². The molecule has 3 rings (SSSR count). The predicted molar refractivity (Wildman–Crippen MR) is 65.2 cm³/mol. The van der Waals surface area contributed by atoms with Crippen LogP contribution in [-0.4, -0.2) is 28.1 Å². The van der Waals surface area contributed by atoms with Gasteiger partial charge >= 0.3 is 0 Å². The van der Waals surface area contributed by atoms with Crippen molar-refractivity contribution in [1.82, 2.24) is 20.3 Å². The molecule has 2 aliphatic carbocycles. The molecule has 1 heterocycles. The Kier molecular flexibility index (Phi) is 2.88. The second kappa shape index (κ2) is 4.38. The van der Waals surface area contributed by atoms with Gasteiger partial charge in [-0.05, 0) is 37.0 Å². The van der Waals surface area contributed by atoms with Gasteiger partial charge in [0.1, 0.15) is 0 Å². The largest absolute Gasteiger partial charge is 0.325 e. The van der Waals surface area contributed by atoms with Crippen LogP contribution in [0.15, 0.2) is 6.20 Å². The molecule has 2 aliphatic rings. The van der Waals surface area contributed by atoms with Crippen LogP contribution in [0, 0.1) is 11.3 Å². The molecule has 0 amide bonds. The fraction of sp³-hybridized carbons (Fsp3) is 0.833. The first kappa shape index (κ1) is 11.2.